The van der Waals surface area contributed by atoms with Gasteiger partial charge >= 0.3 is 0 Å². The molecule has 0 amide bonds. The Hall–Kier alpha value is -1.59. The zero-order valence-corrected chi connectivity index (χ0v) is 22.1. The topological polar surface area (TPSA) is 62.2 Å². The van der Waals surface area contributed by atoms with Crippen molar-refractivity contribution in [3.63, 3.8) is 0 Å². The van der Waals surface area contributed by atoms with Crippen molar-refractivity contribution in [1.82, 2.24) is 20.1 Å². The summed E-state index contributed by atoms with van der Waals surface area (Å²) < 4.78 is 10.8. The summed E-state index contributed by atoms with van der Waals surface area (Å²) in [5.74, 6) is 2.32. The number of ether oxygens (including phenoxy) is 2. The van der Waals surface area contributed by atoms with Crippen molar-refractivity contribution in [2.45, 2.75) is 26.4 Å². The molecule has 1 N–H and O–H groups in total. The summed E-state index contributed by atoms with van der Waals surface area (Å²) >= 11 is 1.67. The number of halogens is 1. The van der Waals surface area contributed by atoms with Gasteiger partial charge in [0.25, 0.3) is 0 Å². The van der Waals surface area contributed by atoms with E-state index in [1.165, 1.54) is 0 Å². The average molecular weight is 548 g/mol. The van der Waals surface area contributed by atoms with Gasteiger partial charge in [-0.2, -0.15) is 0 Å². The molecule has 0 saturated heterocycles. The van der Waals surface area contributed by atoms with Gasteiger partial charge in [0.2, 0.25) is 0 Å². The van der Waals surface area contributed by atoms with Crippen LogP contribution in [0.15, 0.2) is 28.6 Å². The lowest BCUT2D eigenvalue weighted by molar-refractivity contribution is 0.302. The van der Waals surface area contributed by atoms with E-state index < -0.39 is 0 Å². The SMILES string of the molecule is CCNC(=NCC(c1ccc(OC)c(OC)c1)N(C)C)N(C)Cc1csc(C)n1.I. The number of aromatic nitrogens is 1. The molecule has 0 spiro atoms. The van der Waals surface area contributed by atoms with Crippen molar-refractivity contribution in [2.75, 3.05) is 48.5 Å². The highest BCUT2D eigenvalue weighted by atomic mass is 127. The fourth-order valence-electron chi connectivity index (χ4n) is 3.07. The van der Waals surface area contributed by atoms with Crippen LogP contribution in [0, 0.1) is 6.92 Å². The summed E-state index contributed by atoms with van der Waals surface area (Å²) in [6.07, 6.45) is 0. The molecular formula is C21H34IN5O2S. The van der Waals surface area contributed by atoms with Crippen molar-refractivity contribution in [1.29, 1.82) is 0 Å². The molecule has 1 atom stereocenters. The first kappa shape index (κ1) is 26.4. The highest BCUT2D eigenvalue weighted by molar-refractivity contribution is 14.0. The fourth-order valence-corrected chi connectivity index (χ4v) is 3.67. The first-order valence-electron chi connectivity index (χ1n) is 9.68. The molecule has 1 aromatic heterocycles. The third-order valence-corrected chi connectivity index (χ3v) is 5.41. The normalized spacial score (nSPS) is 12.3. The molecule has 0 aliphatic carbocycles. The molecule has 2 aromatic rings. The maximum absolute atomic E-state index is 5.47. The van der Waals surface area contributed by atoms with Gasteiger partial charge in [-0.05, 0) is 45.6 Å². The maximum atomic E-state index is 5.47. The van der Waals surface area contributed by atoms with Crippen LogP contribution < -0.4 is 14.8 Å². The van der Waals surface area contributed by atoms with E-state index in [1.807, 2.05) is 26.1 Å². The van der Waals surface area contributed by atoms with E-state index in [0.717, 1.165) is 46.8 Å². The van der Waals surface area contributed by atoms with Gasteiger partial charge in [0.15, 0.2) is 17.5 Å². The van der Waals surface area contributed by atoms with Crippen LogP contribution in [0.4, 0.5) is 0 Å². The van der Waals surface area contributed by atoms with Crippen LogP contribution in [0.1, 0.15) is 29.2 Å². The van der Waals surface area contributed by atoms with Crippen LogP contribution in [0.2, 0.25) is 0 Å². The van der Waals surface area contributed by atoms with Gasteiger partial charge in [0.1, 0.15) is 0 Å². The lowest BCUT2D eigenvalue weighted by atomic mass is 10.1. The van der Waals surface area contributed by atoms with E-state index in [1.54, 1.807) is 25.6 Å². The van der Waals surface area contributed by atoms with Gasteiger partial charge in [-0.15, -0.1) is 35.3 Å². The number of guanidine groups is 1. The van der Waals surface area contributed by atoms with Gasteiger partial charge in [-0.3, -0.25) is 4.99 Å². The number of nitrogens with one attached hydrogen (secondary N) is 1. The number of hydrogen-bond acceptors (Lipinski definition) is 6. The number of aliphatic imine (C=N–C) groups is 1. The summed E-state index contributed by atoms with van der Waals surface area (Å²) in [6.45, 7) is 6.25. The third kappa shape index (κ3) is 7.28. The van der Waals surface area contributed by atoms with Crippen LogP contribution >= 0.6 is 35.3 Å². The van der Waals surface area contributed by atoms with Crippen LogP contribution in [-0.2, 0) is 6.54 Å². The van der Waals surface area contributed by atoms with Gasteiger partial charge < -0.3 is 24.6 Å². The van der Waals surface area contributed by atoms with Gasteiger partial charge in [-0.25, -0.2) is 4.98 Å². The first-order valence-corrected chi connectivity index (χ1v) is 10.6. The monoisotopic (exact) mass is 547 g/mol. The van der Waals surface area contributed by atoms with Crippen molar-refractivity contribution < 1.29 is 9.47 Å². The Morgan fingerprint density at radius 3 is 2.43 bits per heavy atom. The molecule has 9 heteroatoms. The summed E-state index contributed by atoms with van der Waals surface area (Å²) in [5.41, 5.74) is 2.19. The minimum Gasteiger partial charge on any atom is -0.493 e. The van der Waals surface area contributed by atoms with Crippen LogP contribution in [0.5, 0.6) is 11.5 Å². The number of likely N-dealkylation sites (N-methyl/N-ethyl adjacent to an activating group) is 1. The van der Waals surface area contributed by atoms with Crippen molar-refractivity contribution in [2.24, 2.45) is 4.99 Å². The number of thiazole rings is 1. The summed E-state index contributed by atoms with van der Waals surface area (Å²) in [7, 11) is 9.46. The zero-order valence-electron chi connectivity index (χ0n) is 18.9. The Morgan fingerprint density at radius 1 is 1.20 bits per heavy atom. The van der Waals surface area contributed by atoms with Gasteiger partial charge in [0.05, 0.1) is 44.1 Å². The van der Waals surface area contributed by atoms with Crippen LogP contribution in [0.3, 0.4) is 0 Å². The second-order valence-corrected chi connectivity index (χ2v) is 8.06. The van der Waals surface area contributed by atoms with Crippen LogP contribution in [0.25, 0.3) is 0 Å². The predicted molar refractivity (Wildman–Crippen MR) is 136 cm³/mol. The molecule has 1 unspecified atom stereocenters. The minimum atomic E-state index is 0. The van der Waals surface area contributed by atoms with E-state index in [4.69, 9.17) is 14.5 Å². The smallest absolute Gasteiger partial charge is 0.194 e. The summed E-state index contributed by atoms with van der Waals surface area (Å²) in [5, 5.41) is 6.56. The number of benzene rings is 1. The van der Waals surface area contributed by atoms with E-state index in [-0.39, 0.29) is 30.0 Å². The lowest BCUT2D eigenvalue weighted by Gasteiger charge is -2.26. The quantitative estimate of drug-likeness (QED) is 0.293. The third-order valence-electron chi connectivity index (χ3n) is 4.59. The van der Waals surface area contributed by atoms with E-state index in [0.29, 0.717) is 6.54 Å². The average Bonchev–Trinajstić information content (AvgIpc) is 3.11. The molecular weight excluding hydrogens is 513 g/mol. The fraction of sp³-hybridized carbons (Fsp3) is 0.524. The van der Waals surface area contributed by atoms with E-state index >= 15 is 0 Å². The second kappa shape index (κ2) is 13.0. The summed E-state index contributed by atoms with van der Waals surface area (Å²) in [6, 6.07) is 6.14. The number of hydrogen-bond donors (Lipinski definition) is 1. The number of rotatable bonds is 9. The second-order valence-electron chi connectivity index (χ2n) is 7.00. The molecule has 0 fully saturated rings. The molecule has 0 aliphatic heterocycles. The highest BCUT2D eigenvalue weighted by Crippen LogP contribution is 2.31. The molecule has 0 radical (unpaired) electrons. The molecule has 30 heavy (non-hydrogen) atoms. The molecule has 1 heterocycles. The number of nitrogens with zero attached hydrogens (tertiary/aromatic N) is 4. The Kier molecular flexibility index (Phi) is 11.4. The molecule has 7 nitrogen and oxygen atoms in total. The van der Waals surface area contributed by atoms with E-state index in [2.05, 4.69) is 52.6 Å². The lowest BCUT2D eigenvalue weighted by Crippen LogP contribution is -2.39. The predicted octanol–water partition coefficient (Wildman–Crippen LogP) is 3.79. The van der Waals surface area contributed by atoms with Gasteiger partial charge in [-0.1, -0.05) is 6.07 Å². The molecule has 0 bridgehead atoms. The van der Waals surface area contributed by atoms with Crippen LogP contribution in [-0.4, -0.2) is 69.2 Å². The van der Waals surface area contributed by atoms with Crippen molar-refractivity contribution >= 4 is 41.3 Å². The standard InChI is InChI=1S/C21H33N5O2S.HI/c1-8-22-21(26(5)13-17-14-29-15(2)24-17)23-12-18(25(3)4)16-9-10-19(27-6)20(11-16)28-7;/h9-11,14,18H,8,12-13H2,1-7H3,(H,22,23);1H. The number of methoxy groups -OCH3 is 2. The largest absolute Gasteiger partial charge is 0.493 e. The molecule has 168 valence electrons. The molecule has 0 aliphatic rings. The first-order chi connectivity index (χ1) is 13.9. The highest BCUT2D eigenvalue weighted by Gasteiger charge is 2.17. The zero-order chi connectivity index (χ0) is 21.4. The molecule has 1 aromatic carbocycles. The maximum Gasteiger partial charge on any atom is 0.194 e. The minimum absolute atomic E-state index is 0. The molecule has 2 rings (SSSR count). The summed E-state index contributed by atoms with van der Waals surface area (Å²) in [4.78, 5) is 13.7. The van der Waals surface area contributed by atoms with Gasteiger partial charge in [0, 0.05) is 19.0 Å². The molecule has 0 saturated carbocycles. The Bertz CT molecular complexity index is 812. The number of aryl methyl sites for hydroxylation is 1. The van der Waals surface area contributed by atoms with Crippen molar-refractivity contribution in [3.05, 3.63) is 39.8 Å². The van der Waals surface area contributed by atoms with E-state index in [9.17, 15) is 0 Å². The Balaban J connectivity index is 0.00000450. The Labute approximate surface area is 201 Å². The Morgan fingerprint density at radius 2 is 1.90 bits per heavy atom. The van der Waals surface area contributed by atoms with Crippen molar-refractivity contribution in [3.8, 4) is 11.5 Å².